The van der Waals surface area contributed by atoms with Gasteiger partial charge in [0.2, 0.25) is 0 Å². The number of hydrogen-bond donors (Lipinski definition) is 1. The molecular weight excluding hydrogens is 212 g/mol. The van der Waals surface area contributed by atoms with Gasteiger partial charge in [-0.1, -0.05) is 25.1 Å². The molecule has 0 saturated carbocycles. The van der Waals surface area contributed by atoms with E-state index in [-0.39, 0.29) is 0 Å². The van der Waals surface area contributed by atoms with Crippen molar-refractivity contribution in [3.63, 3.8) is 0 Å². The van der Waals surface area contributed by atoms with Crippen molar-refractivity contribution in [3.05, 3.63) is 48.7 Å². The van der Waals surface area contributed by atoms with Crippen LogP contribution in [0.25, 0.3) is 0 Å². The van der Waals surface area contributed by atoms with Crippen LogP contribution in [0.2, 0.25) is 0 Å². The summed E-state index contributed by atoms with van der Waals surface area (Å²) >= 11 is 0. The molecule has 1 N–H and O–H groups in total. The molecule has 1 aromatic carbocycles. The van der Waals surface area contributed by atoms with E-state index < -0.39 is 0 Å². The average molecular weight is 228 g/mol. The van der Waals surface area contributed by atoms with Crippen LogP contribution < -0.4 is 10.1 Å². The van der Waals surface area contributed by atoms with Crippen LogP contribution in [0.1, 0.15) is 13.3 Å². The van der Waals surface area contributed by atoms with Gasteiger partial charge in [0, 0.05) is 18.8 Å². The Morgan fingerprint density at radius 1 is 1.12 bits per heavy atom. The van der Waals surface area contributed by atoms with Gasteiger partial charge in [-0.15, -0.1) is 0 Å². The van der Waals surface area contributed by atoms with E-state index in [9.17, 15) is 0 Å². The Balaban J connectivity index is 2.06. The van der Waals surface area contributed by atoms with Crippen molar-refractivity contribution in [2.45, 2.75) is 13.3 Å². The van der Waals surface area contributed by atoms with E-state index in [1.54, 1.807) is 6.20 Å². The zero-order valence-electron chi connectivity index (χ0n) is 9.89. The predicted molar refractivity (Wildman–Crippen MR) is 69.5 cm³/mol. The van der Waals surface area contributed by atoms with Gasteiger partial charge in [-0.25, -0.2) is 4.98 Å². The summed E-state index contributed by atoms with van der Waals surface area (Å²) in [7, 11) is 0. The second-order valence-electron chi connectivity index (χ2n) is 3.72. The molecule has 0 saturated heterocycles. The highest BCUT2D eigenvalue weighted by Crippen LogP contribution is 2.22. The maximum Gasteiger partial charge on any atom is 0.132 e. The fraction of sp³-hybridized carbons (Fsp3) is 0.214. The summed E-state index contributed by atoms with van der Waals surface area (Å²) in [6, 6.07) is 13.5. The zero-order valence-corrected chi connectivity index (χ0v) is 9.89. The number of para-hydroxylation sites is 1. The number of hydrogen-bond acceptors (Lipinski definition) is 3. The standard InChI is InChI=1S/C14H16N2O/c1-2-9-15-14-11-13(8-10-16-14)17-12-6-4-3-5-7-12/h3-8,10-11H,2,9H2,1H3,(H,15,16). The highest BCUT2D eigenvalue weighted by atomic mass is 16.5. The SMILES string of the molecule is CCCNc1cc(Oc2ccccc2)ccn1. The first kappa shape index (κ1) is 11.5. The average Bonchev–Trinajstić information content (AvgIpc) is 2.38. The third-order valence-electron chi connectivity index (χ3n) is 2.27. The molecule has 0 aliphatic rings. The molecule has 0 fully saturated rings. The van der Waals surface area contributed by atoms with Gasteiger partial charge in [0.05, 0.1) is 0 Å². The lowest BCUT2D eigenvalue weighted by Gasteiger charge is -2.07. The topological polar surface area (TPSA) is 34.1 Å². The largest absolute Gasteiger partial charge is 0.457 e. The summed E-state index contributed by atoms with van der Waals surface area (Å²) in [6.45, 7) is 3.04. The normalized spacial score (nSPS) is 9.94. The number of nitrogens with zero attached hydrogens (tertiary/aromatic N) is 1. The minimum Gasteiger partial charge on any atom is -0.457 e. The zero-order chi connectivity index (χ0) is 11.9. The van der Waals surface area contributed by atoms with Gasteiger partial charge < -0.3 is 10.1 Å². The predicted octanol–water partition coefficient (Wildman–Crippen LogP) is 3.70. The van der Waals surface area contributed by atoms with Gasteiger partial charge in [0.1, 0.15) is 17.3 Å². The highest BCUT2D eigenvalue weighted by molar-refractivity contribution is 5.42. The first-order valence-corrected chi connectivity index (χ1v) is 5.81. The molecular formula is C14H16N2O. The van der Waals surface area contributed by atoms with Crippen LogP contribution in [0.5, 0.6) is 11.5 Å². The second kappa shape index (κ2) is 5.89. The Morgan fingerprint density at radius 2 is 1.94 bits per heavy atom. The van der Waals surface area contributed by atoms with Gasteiger partial charge in [-0.05, 0) is 24.6 Å². The molecule has 88 valence electrons. The van der Waals surface area contributed by atoms with E-state index >= 15 is 0 Å². The van der Waals surface area contributed by atoms with Crippen molar-refractivity contribution < 1.29 is 4.74 Å². The number of ether oxygens (including phenoxy) is 1. The third-order valence-corrected chi connectivity index (χ3v) is 2.27. The fourth-order valence-electron chi connectivity index (χ4n) is 1.45. The van der Waals surface area contributed by atoms with E-state index in [0.717, 1.165) is 30.3 Å². The summed E-state index contributed by atoms with van der Waals surface area (Å²) < 4.78 is 5.72. The molecule has 0 radical (unpaired) electrons. The van der Waals surface area contributed by atoms with Crippen LogP contribution in [0.4, 0.5) is 5.82 Å². The smallest absolute Gasteiger partial charge is 0.132 e. The van der Waals surface area contributed by atoms with Crippen molar-refractivity contribution in [2.24, 2.45) is 0 Å². The maximum absolute atomic E-state index is 5.72. The lowest BCUT2D eigenvalue weighted by atomic mass is 10.3. The minimum absolute atomic E-state index is 0.796. The summed E-state index contributed by atoms with van der Waals surface area (Å²) in [6.07, 6.45) is 2.82. The lowest BCUT2D eigenvalue weighted by Crippen LogP contribution is -2.01. The summed E-state index contributed by atoms with van der Waals surface area (Å²) in [5.41, 5.74) is 0. The first-order chi connectivity index (χ1) is 8.38. The van der Waals surface area contributed by atoms with Crippen molar-refractivity contribution in [2.75, 3.05) is 11.9 Å². The summed E-state index contributed by atoms with van der Waals surface area (Å²) in [5.74, 6) is 2.48. The van der Waals surface area contributed by atoms with Crippen LogP contribution in [0.15, 0.2) is 48.7 Å². The monoisotopic (exact) mass is 228 g/mol. The number of rotatable bonds is 5. The maximum atomic E-state index is 5.72. The molecule has 3 nitrogen and oxygen atoms in total. The van der Waals surface area contributed by atoms with E-state index in [4.69, 9.17) is 4.74 Å². The number of nitrogens with one attached hydrogen (secondary N) is 1. The molecule has 0 amide bonds. The van der Waals surface area contributed by atoms with Crippen molar-refractivity contribution in [1.29, 1.82) is 0 Å². The second-order valence-corrected chi connectivity index (χ2v) is 3.72. The van der Waals surface area contributed by atoms with Gasteiger partial charge in [0.15, 0.2) is 0 Å². The van der Waals surface area contributed by atoms with E-state index in [2.05, 4.69) is 17.2 Å². The number of benzene rings is 1. The Labute approximate surface area is 101 Å². The van der Waals surface area contributed by atoms with Crippen LogP contribution in [0, 0.1) is 0 Å². The Morgan fingerprint density at radius 3 is 2.71 bits per heavy atom. The third kappa shape index (κ3) is 3.48. The first-order valence-electron chi connectivity index (χ1n) is 5.81. The quantitative estimate of drug-likeness (QED) is 0.847. The molecule has 0 bridgehead atoms. The van der Waals surface area contributed by atoms with Gasteiger partial charge in [0.25, 0.3) is 0 Å². The molecule has 0 spiro atoms. The Kier molecular flexibility index (Phi) is 3.97. The van der Waals surface area contributed by atoms with Crippen molar-refractivity contribution >= 4 is 5.82 Å². The molecule has 0 aliphatic heterocycles. The molecule has 0 atom stereocenters. The van der Waals surface area contributed by atoms with Crippen molar-refractivity contribution in [1.82, 2.24) is 4.98 Å². The van der Waals surface area contributed by atoms with Crippen LogP contribution in [-0.4, -0.2) is 11.5 Å². The number of pyridine rings is 1. The van der Waals surface area contributed by atoms with Crippen molar-refractivity contribution in [3.8, 4) is 11.5 Å². The molecule has 0 unspecified atom stereocenters. The van der Waals surface area contributed by atoms with Crippen LogP contribution in [0.3, 0.4) is 0 Å². The van der Waals surface area contributed by atoms with E-state index in [0.29, 0.717) is 0 Å². The van der Waals surface area contributed by atoms with Gasteiger partial charge >= 0.3 is 0 Å². The molecule has 0 aliphatic carbocycles. The highest BCUT2D eigenvalue weighted by Gasteiger charge is 1.98. The molecule has 3 heteroatoms. The Hall–Kier alpha value is -2.03. The summed E-state index contributed by atoms with van der Waals surface area (Å²) in [5, 5.41) is 3.23. The molecule has 2 rings (SSSR count). The van der Waals surface area contributed by atoms with Gasteiger partial charge in [-0.2, -0.15) is 0 Å². The van der Waals surface area contributed by atoms with Gasteiger partial charge in [-0.3, -0.25) is 0 Å². The van der Waals surface area contributed by atoms with E-state index in [1.807, 2.05) is 42.5 Å². The number of anilines is 1. The molecule has 17 heavy (non-hydrogen) atoms. The fourth-order valence-corrected chi connectivity index (χ4v) is 1.45. The minimum atomic E-state index is 0.796. The number of aromatic nitrogens is 1. The molecule has 1 heterocycles. The Bertz CT molecular complexity index is 457. The molecule has 1 aromatic heterocycles. The lowest BCUT2D eigenvalue weighted by molar-refractivity contribution is 0.482. The molecule has 2 aromatic rings. The summed E-state index contributed by atoms with van der Waals surface area (Å²) in [4.78, 5) is 4.23. The van der Waals surface area contributed by atoms with E-state index in [1.165, 1.54) is 0 Å². The van der Waals surface area contributed by atoms with Crippen LogP contribution >= 0.6 is 0 Å². The van der Waals surface area contributed by atoms with Crippen LogP contribution in [-0.2, 0) is 0 Å².